The quantitative estimate of drug-likeness (QED) is 0.730. The predicted molar refractivity (Wildman–Crippen MR) is 90.1 cm³/mol. The molecular weight excluding hydrogens is 314 g/mol. The molecule has 0 aromatic heterocycles. The molecule has 1 atom stereocenters. The fraction of sp³-hybridized carbons (Fsp3) is 0.278. The second-order valence-corrected chi connectivity index (χ2v) is 5.60. The molecule has 0 aliphatic heterocycles. The van der Waals surface area contributed by atoms with Crippen LogP contribution in [-0.2, 0) is 16.1 Å². The summed E-state index contributed by atoms with van der Waals surface area (Å²) < 4.78 is 5.48. The van der Waals surface area contributed by atoms with Crippen molar-refractivity contribution in [3.05, 3.63) is 70.7 Å². The van der Waals surface area contributed by atoms with Gasteiger partial charge in [0, 0.05) is 11.6 Å². The van der Waals surface area contributed by atoms with E-state index >= 15 is 0 Å². The molecule has 5 heteroatoms. The molecule has 0 saturated heterocycles. The molecular formula is C18H20ClNO3. The number of ether oxygens (including phenoxy) is 1. The second kappa shape index (κ2) is 9.30. The van der Waals surface area contributed by atoms with E-state index in [4.69, 9.17) is 16.3 Å². The number of carbonyl (C=O) groups excluding carboxylic acids is 1. The Hall–Kier alpha value is -1.88. The van der Waals surface area contributed by atoms with Crippen LogP contribution in [0.1, 0.15) is 23.7 Å². The number of rotatable bonds is 8. The summed E-state index contributed by atoms with van der Waals surface area (Å²) in [5.41, 5.74) is 1.77. The number of amides is 1. The number of carbonyl (C=O) groups is 1. The molecule has 0 spiro atoms. The Kier molecular flexibility index (Phi) is 7.07. The lowest BCUT2D eigenvalue weighted by Crippen LogP contribution is -2.28. The largest absolute Gasteiger partial charge is 0.388 e. The number of aliphatic hydroxyl groups excluding tert-OH is 1. The van der Waals surface area contributed by atoms with Gasteiger partial charge in [-0.1, -0.05) is 54.1 Å². The number of benzene rings is 2. The minimum atomic E-state index is -0.836. The normalized spacial score (nSPS) is 11.9. The van der Waals surface area contributed by atoms with Crippen molar-refractivity contribution in [2.75, 3.05) is 13.2 Å². The highest BCUT2D eigenvalue weighted by atomic mass is 35.5. The molecule has 23 heavy (non-hydrogen) atoms. The van der Waals surface area contributed by atoms with Crippen LogP contribution in [0, 0.1) is 0 Å². The van der Waals surface area contributed by atoms with Gasteiger partial charge in [0.2, 0.25) is 5.91 Å². The Bertz CT molecular complexity index is 601. The van der Waals surface area contributed by atoms with E-state index in [1.54, 1.807) is 24.3 Å². The number of nitrogens with one attached hydrogen (secondary N) is 1. The van der Waals surface area contributed by atoms with Gasteiger partial charge in [-0.3, -0.25) is 4.79 Å². The lowest BCUT2D eigenvalue weighted by atomic mass is 10.1. The van der Waals surface area contributed by atoms with Crippen LogP contribution in [0.2, 0.25) is 5.02 Å². The number of aliphatic hydroxyl groups is 1. The van der Waals surface area contributed by atoms with Crippen molar-refractivity contribution >= 4 is 17.5 Å². The van der Waals surface area contributed by atoms with Crippen LogP contribution in [-0.4, -0.2) is 24.2 Å². The lowest BCUT2D eigenvalue weighted by molar-refractivity contribution is -0.123. The Morgan fingerprint density at radius 3 is 2.52 bits per heavy atom. The first-order chi connectivity index (χ1) is 11.1. The molecule has 122 valence electrons. The first kappa shape index (κ1) is 17.5. The molecule has 0 fully saturated rings. The molecule has 2 aromatic rings. The van der Waals surface area contributed by atoms with Crippen LogP contribution in [0.25, 0.3) is 0 Å². The van der Waals surface area contributed by atoms with E-state index < -0.39 is 6.10 Å². The van der Waals surface area contributed by atoms with E-state index in [1.807, 2.05) is 30.3 Å². The van der Waals surface area contributed by atoms with E-state index in [0.29, 0.717) is 30.3 Å². The van der Waals surface area contributed by atoms with Crippen molar-refractivity contribution in [3.8, 4) is 0 Å². The van der Waals surface area contributed by atoms with Gasteiger partial charge >= 0.3 is 0 Å². The van der Waals surface area contributed by atoms with Crippen LogP contribution in [0.5, 0.6) is 0 Å². The zero-order valence-electron chi connectivity index (χ0n) is 12.7. The maximum Gasteiger partial charge on any atom is 0.223 e. The number of halogens is 1. The van der Waals surface area contributed by atoms with Gasteiger partial charge in [0.05, 0.1) is 25.7 Å². The average Bonchev–Trinajstić information content (AvgIpc) is 2.56. The van der Waals surface area contributed by atoms with Crippen molar-refractivity contribution in [1.82, 2.24) is 5.32 Å². The Morgan fingerprint density at radius 2 is 1.83 bits per heavy atom. The third-order valence-electron chi connectivity index (χ3n) is 3.31. The summed E-state index contributed by atoms with van der Waals surface area (Å²) in [6.45, 7) is 1.36. The molecule has 0 aliphatic carbocycles. The Labute approximate surface area is 141 Å². The van der Waals surface area contributed by atoms with Crippen molar-refractivity contribution in [2.45, 2.75) is 19.1 Å². The monoisotopic (exact) mass is 333 g/mol. The van der Waals surface area contributed by atoms with Gasteiger partial charge in [-0.25, -0.2) is 0 Å². The predicted octanol–water partition coefficient (Wildman–Crippen LogP) is 3.10. The summed E-state index contributed by atoms with van der Waals surface area (Å²) in [4.78, 5) is 11.8. The molecule has 0 saturated carbocycles. The topological polar surface area (TPSA) is 58.6 Å². The molecule has 2 rings (SSSR count). The van der Waals surface area contributed by atoms with Crippen molar-refractivity contribution in [3.63, 3.8) is 0 Å². The summed E-state index contributed by atoms with van der Waals surface area (Å²) in [6.07, 6.45) is -0.821. The summed E-state index contributed by atoms with van der Waals surface area (Å²) >= 11 is 5.79. The fourth-order valence-corrected chi connectivity index (χ4v) is 2.20. The van der Waals surface area contributed by atoms with Crippen LogP contribution < -0.4 is 5.32 Å². The first-order valence-electron chi connectivity index (χ1n) is 7.47. The van der Waals surface area contributed by atoms with Crippen LogP contribution in [0.15, 0.2) is 54.6 Å². The Balaban J connectivity index is 1.62. The SMILES string of the molecule is O=C(CC(O)c1ccc(Cl)cc1)NCCOCc1ccccc1. The van der Waals surface area contributed by atoms with Gasteiger partial charge in [-0.15, -0.1) is 0 Å². The summed E-state index contributed by atoms with van der Waals surface area (Å²) in [5.74, 6) is -0.212. The van der Waals surface area contributed by atoms with Gasteiger partial charge in [-0.05, 0) is 23.3 Å². The first-order valence-corrected chi connectivity index (χ1v) is 7.85. The minimum Gasteiger partial charge on any atom is -0.388 e. The van der Waals surface area contributed by atoms with Crippen LogP contribution in [0.4, 0.5) is 0 Å². The molecule has 0 radical (unpaired) electrons. The minimum absolute atomic E-state index is 0.0142. The van der Waals surface area contributed by atoms with E-state index in [1.165, 1.54) is 0 Å². The molecule has 0 heterocycles. The van der Waals surface area contributed by atoms with Gasteiger partial charge in [0.15, 0.2) is 0 Å². The summed E-state index contributed by atoms with van der Waals surface area (Å²) in [5, 5.41) is 13.3. The fourth-order valence-electron chi connectivity index (χ4n) is 2.08. The molecule has 2 N–H and O–H groups in total. The lowest BCUT2D eigenvalue weighted by Gasteiger charge is -2.11. The summed E-state index contributed by atoms with van der Waals surface area (Å²) in [7, 11) is 0. The molecule has 4 nitrogen and oxygen atoms in total. The second-order valence-electron chi connectivity index (χ2n) is 5.16. The maximum atomic E-state index is 11.8. The highest BCUT2D eigenvalue weighted by Crippen LogP contribution is 2.18. The van der Waals surface area contributed by atoms with Crippen LogP contribution in [0.3, 0.4) is 0 Å². The van der Waals surface area contributed by atoms with Crippen molar-refractivity contribution in [2.24, 2.45) is 0 Å². The molecule has 1 unspecified atom stereocenters. The summed E-state index contributed by atoms with van der Waals surface area (Å²) in [6, 6.07) is 16.6. The van der Waals surface area contributed by atoms with E-state index in [2.05, 4.69) is 5.32 Å². The van der Waals surface area contributed by atoms with E-state index in [-0.39, 0.29) is 12.3 Å². The molecule has 2 aromatic carbocycles. The van der Waals surface area contributed by atoms with Gasteiger partial charge < -0.3 is 15.2 Å². The molecule has 1 amide bonds. The maximum absolute atomic E-state index is 11.8. The van der Waals surface area contributed by atoms with Crippen LogP contribution >= 0.6 is 11.6 Å². The molecule has 0 bridgehead atoms. The van der Waals surface area contributed by atoms with Gasteiger partial charge in [-0.2, -0.15) is 0 Å². The van der Waals surface area contributed by atoms with E-state index in [0.717, 1.165) is 5.56 Å². The van der Waals surface area contributed by atoms with Gasteiger partial charge in [0.1, 0.15) is 0 Å². The van der Waals surface area contributed by atoms with Crippen molar-refractivity contribution in [1.29, 1.82) is 0 Å². The van der Waals surface area contributed by atoms with Gasteiger partial charge in [0.25, 0.3) is 0 Å². The molecule has 0 aliphatic rings. The average molecular weight is 334 g/mol. The van der Waals surface area contributed by atoms with Crippen molar-refractivity contribution < 1.29 is 14.6 Å². The zero-order chi connectivity index (χ0) is 16.5. The zero-order valence-corrected chi connectivity index (χ0v) is 13.5. The third-order valence-corrected chi connectivity index (χ3v) is 3.57. The number of hydrogen-bond donors (Lipinski definition) is 2. The van der Waals surface area contributed by atoms with E-state index in [9.17, 15) is 9.90 Å². The standard InChI is InChI=1S/C18H20ClNO3/c19-16-8-6-15(7-9-16)17(21)12-18(22)20-10-11-23-13-14-4-2-1-3-5-14/h1-9,17,21H,10-13H2,(H,20,22). The highest BCUT2D eigenvalue weighted by molar-refractivity contribution is 6.30. The highest BCUT2D eigenvalue weighted by Gasteiger charge is 2.12. The smallest absolute Gasteiger partial charge is 0.223 e. The third kappa shape index (κ3) is 6.40. The number of hydrogen-bond acceptors (Lipinski definition) is 3. The Morgan fingerprint density at radius 1 is 1.13 bits per heavy atom.